The molecule has 0 fully saturated rings. The van der Waals surface area contributed by atoms with Gasteiger partial charge in [0, 0.05) is 8.07 Å². The van der Waals surface area contributed by atoms with Gasteiger partial charge in [0.25, 0.3) is 0 Å². The number of allylic oxidation sites excluding steroid dienone is 1. The molecule has 4 rings (SSSR count). The van der Waals surface area contributed by atoms with E-state index in [-0.39, 0.29) is 0 Å². The van der Waals surface area contributed by atoms with Crippen LogP contribution in [0.3, 0.4) is 0 Å². The maximum absolute atomic E-state index is 2.37. The second kappa shape index (κ2) is 7.79. The van der Waals surface area contributed by atoms with Gasteiger partial charge in [-0.1, -0.05) is 26.2 Å². The number of benzene rings is 3. The summed E-state index contributed by atoms with van der Waals surface area (Å²) in [5, 5.41) is 2.61. The number of hydrogen-bond donors (Lipinski definition) is 0. The van der Waals surface area contributed by atoms with Crippen molar-refractivity contribution in [2.24, 2.45) is 0 Å². The molecule has 0 N–H and O–H groups in total. The molecule has 3 aromatic rings. The summed E-state index contributed by atoms with van der Waals surface area (Å²) in [6, 6.07) is 22.1. The van der Waals surface area contributed by atoms with Gasteiger partial charge >= 0.3 is 141 Å². The zero-order valence-corrected chi connectivity index (χ0v) is 19.9. The summed E-state index contributed by atoms with van der Waals surface area (Å²) in [6.07, 6.45) is 2.37. The molecule has 0 spiro atoms. The van der Waals surface area contributed by atoms with Gasteiger partial charge in [0.05, 0.1) is 0 Å². The van der Waals surface area contributed by atoms with E-state index in [2.05, 4.69) is 99.9 Å². The molecule has 3 aromatic carbocycles. The Morgan fingerprint density at radius 1 is 0.808 bits per heavy atom. The van der Waals surface area contributed by atoms with Crippen molar-refractivity contribution in [2.75, 3.05) is 0 Å². The Morgan fingerprint density at radius 3 is 2.15 bits per heavy atom. The molecule has 1 aliphatic rings. The maximum Gasteiger partial charge on any atom is 0.0411 e. The van der Waals surface area contributed by atoms with Crippen LogP contribution >= 0.6 is 0 Å². The minimum Gasteiger partial charge on any atom is -0.0697 e. The summed E-state index contributed by atoms with van der Waals surface area (Å²) in [6.45, 7) is 11.6. The molecule has 0 saturated carbocycles. The molecular formula is C24H27SiZr. The van der Waals surface area contributed by atoms with Crippen LogP contribution in [0, 0.1) is 0 Å². The van der Waals surface area contributed by atoms with E-state index in [1.807, 2.05) is 0 Å². The first-order valence-corrected chi connectivity index (χ1v) is 14.7. The molecule has 1 aliphatic carbocycles. The Labute approximate surface area is 174 Å². The number of rotatable bonds is 1. The third-order valence-corrected chi connectivity index (χ3v) is 6.22. The van der Waals surface area contributed by atoms with Crippen LogP contribution in [0.2, 0.25) is 26.2 Å². The topological polar surface area (TPSA) is 0 Å². The van der Waals surface area contributed by atoms with E-state index in [1.165, 1.54) is 38.6 Å². The van der Waals surface area contributed by atoms with E-state index in [0.29, 0.717) is 3.63 Å². The van der Waals surface area contributed by atoms with Crippen molar-refractivity contribution in [2.45, 2.75) is 36.7 Å². The van der Waals surface area contributed by atoms with Crippen LogP contribution in [0.4, 0.5) is 0 Å². The van der Waals surface area contributed by atoms with E-state index in [0.717, 1.165) is 0 Å². The molecule has 0 aliphatic heterocycles. The van der Waals surface area contributed by atoms with Crippen molar-refractivity contribution in [1.82, 2.24) is 0 Å². The Balaban J connectivity index is 0.000000349. The van der Waals surface area contributed by atoms with Crippen LogP contribution in [0.25, 0.3) is 28.0 Å². The maximum atomic E-state index is 2.37. The van der Waals surface area contributed by atoms with Gasteiger partial charge < -0.3 is 0 Å². The third-order valence-electron chi connectivity index (χ3n) is 4.34. The van der Waals surface area contributed by atoms with E-state index >= 15 is 0 Å². The molecule has 131 valence electrons. The normalized spacial score (nSPS) is 15.8. The summed E-state index contributed by atoms with van der Waals surface area (Å²) in [4.78, 5) is 0. The SMILES string of the molecule is CC1=Cc2c(-c3ccc4ccccc4c3)cccc2[CH]1[Zr].C[Si](C)(C)C. The minimum atomic E-state index is -0.611. The van der Waals surface area contributed by atoms with Crippen LogP contribution in [0.15, 0.2) is 66.2 Å². The van der Waals surface area contributed by atoms with Crippen LogP contribution in [-0.4, -0.2) is 8.07 Å². The average molecular weight is 435 g/mol. The largest absolute Gasteiger partial charge is 0.0697 e. The molecule has 1 unspecified atom stereocenters. The predicted octanol–water partition coefficient (Wildman–Crippen LogP) is 7.47. The molecular weight excluding hydrogens is 408 g/mol. The minimum absolute atomic E-state index is 0.611. The van der Waals surface area contributed by atoms with Gasteiger partial charge in [0.1, 0.15) is 0 Å². The average Bonchev–Trinajstić information content (AvgIpc) is 2.88. The van der Waals surface area contributed by atoms with Crippen LogP contribution in [-0.2, 0) is 24.7 Å². The van der Waals surface area contributed by atoms with E-state index in [9.17, 15) is 0 Å². The first kappa shape index (κ1) is 19.5. The van der Waals surface area contributed by atoms with Crippen molar-refractivity contribution in [3.05, 3.63) is 77.4 Å². The summed E-state index contributed by atoms with van der Waals surface area (Å²) < 4.78 is 0.632. The molecule has 0 nitrogen and oxygen atoms in total. The van der Waals surface area contributed by atoms with Crippen molar-refractivity contribution in [3.63, 3.8) is 0 Å². The smallest absolute Gasteiger partial charge is 0.0411 e. The molecule has 0 saturated heterocycles. The van der Waals surface area contributed by atoms with Gasteiger partial charge in [0.15, 0.2) is 0 Å². The molecule has 0 bridgehead atoms. The monoisotopic (exact) mass is 433 g/mol. The van der Waals surface area contributed by atoms with Crippen molar-refractivity contribution in [1.29, 1.82) is 0 Å². The van der Waals surface area contributed by atoms with Gasteiger partial charge in [-0.05, 0) is 0 Å². The van der Waals surface area contributed by atoms with Gasteiger partial charge in [-0.3, -0.25) is 0 Å². The zero-order chi connectivity index (χ0) is 18.9. The second-order valence-corrected chi connectivity index (χ2v) is 16.1. The van der Waals surface area contributed by atoms with Crippen LogP contribution in [0.1, 0.15) is 21.7 Å². The Hall–Kier alpha value is -1.24. The number of hydrogen-bond acceptors (Lipinski definition) is 0. The Morgan fingerprint density at radius 2 is 1.46 bits per heavy atom. The van der Waals surface area contributed by atoms with Crippen molar-refractivity contribution in [3.8, 4) is 11.1 Å². The standard InChI is InChI=1S/C20H15.C4H12Si.Zr/c1-14-11-17-7-4-8-19(20(17)12-14)18-10-9-15-5-2-3-6-16(15)13-18;1-5(2,3)4;/h2-13H,1H3;1-4H3;. The van der Waals surface area contributed by atoms with E-state index in [1.54, 1.807) is 24.7 Å². The van der Waals surface area contributed by atoms with Gasteiger partial charge in [-0.2, -0.15) is 0 Å². The third kappa shape index (κ3) is 4.53. The van der Waals surface area contributed by atoms with E-state index in [4.69, 9.17) is 0 Å². The summed E-state index contributed by atoms with van der Waals surface area (Å²) in [7, 11) is -0.611. The predicted molar refractivity (Wildman–Crippen MR) is 115 cm³/mol. The molecule has 0 radical (unpaired) electrons. The summed E-state index contributed by atoms with van der Waals surface area (Å²) in [5.74, 6) is 0. The van der Waals surface area contributed by atoms with E-state index < -0.39 is 8.07 Å². The molecule has 26 heavy (non-hydrogen) atoms. The first-order chi connectivity index (χ1) is 12.2. The Bertz CT molecular complexity index is 957. The Kier molecular flexibility index (Phi) is 5.85. The summed E-state index contributed by atoms with van der Waals surface area (Å²) in [5.41, 5.74) is 7.10. The zero-order valence-electron chi connectivity index (χ0n) is 16.4. The fourth-order valence-corrected chi connectivity index (χ4v) is 3.98. The van der Waals surface area contributed by atoms with Gasteiger partial charge in [-0.15, -0.1) is 0 Å². The van der Waals surface area contributed by atoms with Crippen LogP contribution in [0.5, 0.6) is 0 Å². The quantitative estimate of drug-likeness (QED) is 0.348. The van der Waals surface area contributed by atoms with Crippen molar-refractivity contribution >= 4 is 24.9 Å². The van der Waals surface area contributed by atoms with Gasteiger partial charge in [-0.25, -0.2) is 0 Å². The van der Waals surface area contributed by atoms with Crippen molar-refractivity contribution < 1.29 is 24.7 Å². The molecule has 0 amide bonds. The molecule has 0 aromatic heterocycles. The first-order valence-electron chi connectivity index (χ1n) is 9.25. The second-order valence-electron chi connectivity index (χ2n) is 8.69. The molecule has 0 heterocycles. The summed E-state index contributed by atoms with van der Waals surface area (Å²) >= 11 is 1.58. The number of fused-ring (bicyclic) bond motifs is 2. The fourth-order valence-electron chi connectivity index (χ4n) is 3.16. The fraction of sp³-hybridized carbons (Fsp3) is 0.250. The van der Waals surface area contributed by atoms with Gasteiger partial charge in [0.2, 0.25) is 0 Å². The molecule has 2 heteroatoms. The molecule has 1 atom stereocenters. The van der Waals surface area contributed by atoms with Crippen LogP contribution < -0.4 is 0 Å².